The van der Waals surface area contributed by atoms with E-state index >= 15 is 0 Å². The maximum Gasteiger partial charge on any atom is 0.303 e. The van der Waals surface area contributed by atoms with E-state index in [4.69, 9.17) is 5.11 Å². The number of unbranched alkanes of at least 4 members (excludes halogenated alkanes) is 3. The van der Waals surface area contributed by atoms with Crippen LogP contribution >= 0.6 is 0 Å². The molecule has 132 valence electrons. The lowest BCUT2D eigenvalue weighted by Gasteiger charge is -1.92. The number of rotatable bonds is 14. The first-order valence-electron chi connectivity index (χ1n) is 9.00. The topological polar surface area (TPSA) is 37.3 Å². The molecule has 1 N–H and O–H groups in total. The van der Waals surface area contributed by atoms with Crippen molar-refractivity contribution in [3.05, 3.63) is 66.5 Å². The fraction of sp³-hybridized carbons (Fsp3) is 0.455. The largest absolute Gasteiger partial charge is 0.481 e. The summed E-state index contributed by atoms with van der Waals surface area (Å²) in [6, 6.07) is 0. The third kappa shape index (κ3) is 19.9. The highest BCUT2D eigenvalue weighted by Gasteiger charge is 1.91. The number of hydrogen-bond acceptors (Lipinski definition) is 1. The summed E-state index contributed by atoms with van der Waals surface area (Å²) in [5, 5.41) is 8.50. The van der Waals surface area contributed by atoms with Crippen LogP contribution in [0.5, 0.6) is 0 Å². The summed E-state index contributed by atoms with van der Waals surface area (Å²) in [5.41, 5.74) is 3.17. The average molecular weight is 328 g/mol. The van der Waals surface area contributed by atoms with Crippen LogP contribution in [0, 0.1) is 0 Å². The van der Waals surface area contributed by atoms with Gasteiger partial charge in [0.2, 0.25) is 0 Å². The highest BCUT2D eigenvalue weighted by Crippen LogP contribution is 2.02. The second kappa shape index (κ2) is 19.0. The summed E-state index contributed by atoms with van der Waals surface area (Å²) in [4.78, 5) is 10.3. The lowest BCUT2D eigenvalue weighted by molar-refractivity contribution is -0.136. The van der Waals surface area contributed by atoms with Crippen molar-refractivity contribution in [1.29, 1.82) is 0 Å². The van der Waals surface area contributed by atoms with Crippen LogP contribution in [0.2, 0.25) is 0 Å². The van der Waals surface area contributed by atoms with Crippen LogP contribution in [-0.4, -0.2) is 11.1 Å². The maximum absolute atomic E-state index is 10.3. The van der Waals surface area contributed by atoms with Crippen molar-refractivity contribution >= 4 is 5.97 Å². The number of hydrogen-bond donors (Lipinski definition) is 1. The zero-order valence-electron chi connectivity index (χ0n) is 15.0. The Labute approximate surface area is 147 Å². The molecule has 0 unspecified atom stereocenters. The Bertz CT molecular complexity index is 472. The molecule has 0 fully saturated rings. The van der Waals surface area contributed by atoms with E-state index in [0.29, 0.717) is 6.42 Å². The van der Waals surface area contributed by atoms with Crippen LogP contribution in [-0.2, 0) is 4.79 Å². The number of carbonyl (C=O) groups is 1. The molecule has 2 heteroatoms. The van der Waals surface area contributed by atoms with Gasteiger partial charge < -0.3 is 5.11 Å². The Morgan fingerprint density at radius 3 is 2.29 bits per heavy atom. The fourth-order valence-corrected chi connectivity index (χ4v) is 1.92. The van der Waals surface area contributed by atoms with Gasteiger partial charge in [-0.1, -0.05) is 55.5 Å². The maximum atomic E-state index is 10.3. The van der Waals surface area contributed by atoms with Crippen LogP contribution in [0.15, 0.2) is 66.5 Å². The third-order valence-electron chi connectivity index (χ3n) is 3.22. The van der Waals surface area contributed by atoms with Gasteiger partial charge in [0.05, 0.1) is 0 Å². The Morgan fingerprint density at radius 2 is 1.54 bits per heavy atom. The summed E-state index contributed by atoms with van der Waals surface area (Å²) < 4.78 is 0. The van der Waals surface area contributed by atoms with Crippen molar-refractivity contribution in [2.24, 2.45) is 0 Å². The van der Waals surface area contributed by atoms with Crippen molar-refractivity contribution < 1.29 is 9.90 Å². The summed E-state index contributed by atoms with van der Waals surface area (Å²) in [5.74, 6) is -0.731. The molecule has 0 aromatic rings. The molecule has 0 aliphatic carbocycles. The second-order valence-electron chi connectivity index (χ2n) is 5.48. The van der Waals surface area contributed by atoms with Gasteiger partial charge in [-0.2, -0.15) is 0 Å². The lowest BCUT2D eigenvalue weighted by atomic mass is 10.1. The minimum Gasteiger partial charge on any atom is -0.481 e. The summed E-state index contributed by atoms with van der Waals surface area (Å²) in [6.07, 6.45) is 29.3. The molecule has 0 aliphatic heterocycles. The number of carboxylic acid groups (broad SMARTS) is 1. The van der Waals surface area contributed by atoms with E-state index < -0.39 is 5.97 Å². The predicted molar refractivity (Wildman–Crippen MR) is 104 cm³/mol. The van der Waals surface area contributed by atoms with Crippen molar-refractivity contribution in [1.82, 2.24) is 0 Å². The van der Waals surface area contributed by atoms with Gasteiger partial charge in [0.15, 0.2) is 0 Å². The van der Waals surface area contributed by atoms with Gasteiger partial charge in [-0.05, 0) is 63.5 Å². The smallest absolute Gasteiger partial charge is 0.303 e. The van der Waals surface area contributed by atoms with Crippen LogP contribution in [0.1, 0.15) is 64.7 Å². The minimum absolute atomic E-state index is 0.225. The van der Waals surface area contributed by atoms with Gasteiger partial charge in [-0.15, -0.1) is 5.73 Å². The van der Waals surface area contributed by atoms with E-state index in [9.17, 15) is 4.79 Å². The van der Waals surface area contributed by atoms with Gasteiger partial charge in [0.25, 0.3) is 0 Å². The van der Waals surface area contributed by atoms with Crippen molar-refractivity contribution in [2.45, 2.75) is 64.7 Å². The van der Waals surface area contributed by atoms with Crippen LogP contribution in [0.4, 0.5) is 0 Å². The number of carboxylic acids is 1. The van der Waals surface area contributed by atoms with E-state index in [1.165, 1.54) is 0 Å². The van der Waals surface area contributed by atoms with E-state index in [0.717, 1.165) is 44.9 Å². The molecule has 0 bridgehead atoms. The predicted octanol–water partition coefficient (Wildman–Crippen LogP) is 6.54. The number of aliphatic carboxylic acids is 1. The summed E-state index contributed by atoms with van der Waals surface area (Å²) in [7, 11) is 0. The molecule has 24 heavy (non-hydrogen) atoms. The molecule has 0 aliphatic rings. The average Bonchev–Trinajstić information content (AvgIpc) is 2.56. The summed E-state index contributed by atoms with van der Waals surface area (Å²) >= 11 is 0. The highest BCUT2D eigenvalue weighted by atomic mass is 16.4. The van der Waals surface area contributed by atoms with Gasteiger partial charge in [0, 0.05) is 6.42 Å². The number of allylic oxidation sites excluding steroid dienone is 9. The molecule has 0 amide bonds. The van der Waals surface area contributed by atoms with Gasteiger partial charge in [-0.25, -0.2) is 0 Å². The van der Waals surface area contributed by atoms with Crippen molar-refractivity contribution in [2.75, 3.05) is 0 Å². The van der Waals surface area contributed by atoms with Gasteiger partial charge in [-0.3, -0.25) is 4.79 Å². The van der Waals surface area contributed by atoms with Crippen LogP contribution in [0.3, 0.4) is 0 Å². The standard InChI is InChI=1S/C22H32O2/c1-2-3-4-5-6-7-8-9-10-11-12-13-14-15-16-17-18-19-20-21-22(23)24/h3-4,6-7,9-11,13,18-19H,2,5,8,14-17,20-21H2,1H3,(H,23,24)/b4-3+,7-6+,10-9+,19-18+. The second-order valence-corrected chi connectivity index (χ2v) is 5.48. The highest BCUT2D eigenvalue weighted by molar-refractivity contribution is 5.66. The molecule has 0 rings (SSSR count). The molecule has 0 radical (unpaired) electrons. The summed E-state index contributed by atoms with van der Waals surface area (Å²) in [6.45, 7) is 2.14. The van der Waals surface area contributed by atoms with Gasteiger partial charge in [0.1, 0.15) is 0 Å². The third-order valence-corrected chi connectivity index (χ3v) is 3.22. The minimum atomic E-state index is -0.731. The van der Waals surface area contributed by atoms with E-state index in [1.807, 2.05) is 18.2 Å². The lowest BCUT2D eigenvalue weighted by Crippen LogP contribution is -1.91. The molecule has 0 spiro atoms. The van der Waals surface area contributed by atoms with Gasteiger partial charge >= 0.3 is 5.97 Å². The van der Waals surface area contributed by atoms with E-state index in [-0.39, 0.29) is 6.42 Å². The molecule has 2 nitrogen and oxygen atoms in total. The fourth-order valence-electron chi connectivity index (χ4n) is 1.92. The zero-order chi connectivity index (χ0) is 17.7. The van der Waals surface area contributed by atoms with E-state index in [2.05, 4.69) is 55.2 Å². The Morgan fingerprint density at radius 1 is 0.875 bits per heavy atom. The molecule has 0 aromatic carbocycles. The molecule has 0 saturated carbocycles. The normalized spacial score (nSPS) is 11.7. The zero-order valence-corrected chi connectivity index (χ0v) is 15.0. The Balaban J connectivity index is 3.52. The quantitative estimate of drug-likeness (QED) is 0.170. The monoisotopic (exact) mass is 328 g/mol. The van der Waals surface area contributed by atoms with Crippen molar-refractivity contribution in [3.8, 4) is 0 Å². The molecule has 0 atom stereocenters. The molecular weight excluding hydrogens is 296 g/mol. The van der Waals surface area contributed by atoms with E-state index in [1.54, 1.807) is 0 Å². The first-order chi connectivity index (χ1) is 11.8. The SMILES string of the molecule is CC/C=C/C/C=C/C/C=C/C=C=CCCCC/C=C/CCC(=O)O. The molecular formula is C22H32O2. The molecule has 0 saturated heterocycles. The Kier molecular flexibility index (Phi) is 17.4. The molecule has 0 aromatic heterocycles. The molecule has 0 heterocycles. The van der Waals surface area contributed by atoms with Crippen LogP contribution in [0.25, 0.3) is 0 Å². The first-order valence-corrected chi connectivity index (χ1v) is 9.00. The first kappa shape index (κ1) is 21.9. The van der Waals surface area contributed by atoms with Crippen LogP contribution < -0.4 is 0 Å². The Hall–Kier alpha value is -2.05. The van der Waals surface area contributed by atoms with Crippen molar-refractivity contribution in [3.63, 3.8) is 0 Å².